The summed E-state index contributed by atoms with van der Waals surface area (Å²) >= 11 is 0. The van der Waals surface area contributed by atoms with Crippen molar-refractivity contribution in [3.8, 4) is 0 Å². The van der Waals surface area contributed by atoms with Gasteiger partial charge in [-0.1, -0.05) is 0 Å². The van der Waals surface area contributed by atoms with Crippen molar-refractivity contribution < 1.29 is 14.3 Å². The molecule has 3 unspecified atom stereocenters. The zero-order chi connectivity index (χ0) is 13.0. The smallest absolute Gasteiger partial charge is 0.322 e. The third kappa shape index (κ3) is 3.43. The minimum Gasteiger partial charge on any atom is -0.465 e. The van der Waals surface area contributed by atoms with E-state index in [1.54, 1.807) is 0 Å². The van der Waals surface area contributed by atoms with E-state index >= 15 is 0 Å². The molecule has 0 saturated carbocycles. The average molecular weight is 256 g/mol. The Bertz CT molecular complexity index is 285. The highest BCUT2D eigenvalue weighted by atomic mass is 16.5. The lowest BCUT2D eigenvalue weighted by Crippen LogP contribution is -2.51. The van der Waals surface area contributed by atoms with E-state index in [9.17, 15) is 4.79 Å². The van der Waals surface area contributed by atoms with Crippen LogP contribution in [0.5, 0.6) is 0 Å². The number of rotatable bonds is 5. The number of esters is 1. The van der Waals surface area contributed by atoms with Gasteiger partial charge in [-0.2, -0.15) is 0 Å². The molecule has 2 fully saturated rings. The van der Waals surface area contributed by atoms with E-state index in [4.69, 9.17) is 9.47 Å². The molecule has 2 heterocycles. The third-order valence-corrected chi connectivity index (χ3v) is 3.75. The Hall–Kier alpha value is -0.650. The Morgan fingerprint density at radius 2 is 2.44 bits per heavy atom. The second kappa shape index (κ2) is 6.50. The highest BCUT2D eigenvalue weighted by Crippen LogP contribution is 2.22. The van der Waals surface area contributed by atoms with Crippen LogP contribution in [-0.2, 0) is 14.3 Å². The van der Waals surface area contributed by atoms with Crippen LogP contribution in [0, 0.1) is 0 Å². The van der Waals surface area contributed by atoms with E-state index < -0.39 is 0 Å². The van der Waals surface area contributed by atoms with Gasteiger partial charge in [-0.05, 0) is 33.2 Å². The standard InChI is InChI=1S/C13H24N2O3/c1-3-17-13(16)10(2)14-7-12-8-15-6-4-5-11(15)9-18-12/h10-12,14H,3-9H2,1-2H3. The van der Waals surface area contributed by atoms with Crippen molar-refractivity contribution in [1.29, 1.82) is 0 Å². The van der Waals surface area contributed by atoms with E-state index in [1.807, 2.05) is 13.8 Å². The fourth-order valence-electron chi connectivity index (χ4n) is 2.67. The van der Waals surface area contributed by atoms with Crippen molar-refractivity contribution >= 4 is 5.97 Å². The molecule has 0 bridgehead atoms. The predicted molar refractivity (Wildman–Crippen MR) is 68.4 cm³/mol. The van der Waals surface area contributed by atoms with Crippen LogP contribution >= 0.6 is 0 Å². The first kappa shape index (κ1) is 13.8. The van der Waals surface area contributed by atoms with Gasteiger partial charge in [0.05, 0.1) is 19.3 Å². The van der Waals surface area contributed by atoms with Gasteiger partial charge in [-0.3, -0.25) is 9.69 Å². The Labute approximate surface area is 109 Å². The number of fused-ring (bicyclic) bond motifs is 1. The first-order chi connectivity index (χ1) is 8.70. The summed E-state index contributed by atoms with van der Waals surface area (Å²) in [5.74, 6) is -0.188. The van der Waals surface area contributed by atoms with Crippen LogP contribution < -0.4 is 5.32 Å². The summed E-state index contributed by atoms with van der Waals surface area (Å²) in [5.41, 5.74) is 0. The first-order valence-corrected chi connectivity index (χ1v) is 6.96. The molecule has 0 aromatic heterocycles. The molecule has 0 aliphatic carbocycles. The monoisotopic (exact) mass is 256 g/mol. The molecule has 0 radical (unpaired) electrons. The Morgan fingerprint density at radius 1 is 1.61 bits per heavy atom. The van der Waals surface area contributed by atoms with Gasteiger partial charge in [0.15, 0.2) is 0 Å². The van der Waals surface area contributed by atoms with Gasteiger partial charge in [-0.25, -0.2) is 0 Å². The number of hydrogen-bond donors (Lipinski definition) is 1. The van der Waals surface area contributed by atoms with Crippen molar-refractivity contribution in [2.45, 2.75) is 44.9 Å². The number of nitrogens with one attached hydrogen (secondary N) is 1. The molecule has 0 aromatic rings. The predicted octanol–water partition coefficient (Wildman–Crippen LogP) is 0.391. The molecule has 5 nitrogen and oxygen atoms in total. The molecular formula is C13H24N2O3. The van der Waals surface area contributed by atoms with Crippen LogP contribution in [0.25, 0.3) is 0 Å². The molecule has 5 heteroatoms. The minimum absolute atomic E-state index is 0.188. The number of carbonyl (C=O) groups excluding carboxylic acids is 1. The second-order valence-corrected chi connectivity index (χ2v) is 5.13. The highest BCUT2D eigenvalue weighted by Gasteiger charge is 2.32. The maximum absolute atomic E-state index is 11.5. The van der Waals surface area contributed by atoms with Crippen molar-refractivity contribution in [3.05, 3.63) is 0 Å². The summed E-state index contributed by atoms with van der Waals surface area (Å²) in [6.45, 7) is 7.80. The van der Waals surface area contributed by atoms with Gasteiger partial charge in [0.1, 0.15) is 6.04 Å². The summed E-state index contributed by atoms with van der Waals surface area (Å²) in [6.07, 6.45) is 2.74. The molecular weight excluding hydrogens is 232 g/mol. The molecule has 0 aromatic carbocycles. The van der Waals surface area contributed by atoms with Crippen LogP contribution in [0.3, 0.4) is 0 Å². The zero-order valence-electron chi connectivity index (χ0n) is 11.4. The molecule has 1 N–H and O–H groups in total. The number of hydrogen-bond acceptors (Lipinski definition) is 5. The summed E-state index contributed by atoms with van der Waals surface area (Å²) in [5, 5.41) is 3.19. The maximum atomic E-state index is 11.5. The molecule has 2 saturated heterocycles. The van der Waals surface area contributed by atoms with Gasteiger partial charge >= 0.3 is 5.97 Å². The molecule has 104 valence electrons. The first-order valence-electron chi connectivity index (χ1n) is 6.96. The van der Waals surface area contributed by atoms with E-state index in [2.05, 4.69) is 10.2 Å². The van der Waals surface area contributed by atoms with Crippen molar-refractivity contribution in [3.63, 3.8) is 0 Å². The number of ether oxygens (including phenoxy) is 2. The summed E-state index contributed by atoms with van der Waals surface area (Å²) in [4.78, 5) is 14.0. The van der Waals surface area contributed by atoms with E-state index in [1.165, 1.54) is 19.4 Å². The third-order valence-electron chi connectivity index (χ3n) is 3.75. The normalized spacial score (nSPS) is 29.9. The SMILES string of the molecule is CCOC(=O)C(C)NCC1CN2CCCC2CO1. The second-order valence-electron chi connectivity index (χ2n) is 5.13. The van der Waals surface area contributed by atoms with Crippen LogP contribution in [0.15, 0.2) is 0 Å². The fraction of sp³-hybridized carbons (Fsp3) is 0.923. The Kier molecular flexibility index (Phi) is 4.97. The number of morpholine rings is 1. The lowest BCUT2D eigenvalue weighted by Gasteiger charge is -2.35. The molecule has 0 amide bonds. The van der Waals surface area contributed by atoms with Crippen LogP contribution in [0.1, 0.15) is 26.7 Å². The minimum atomic E-state index is -0.259. The summed E-state index contributed by atoms with van der Waals surface area (Å²) < 4.78 is 10.8. The van der Waals surface area contributed by atoms with E-state index in [0.717, 1.165) is 13.2 Å². The van der Waals surface area contributed by atoms with Gasteiger partial charge in [0.2, 0.25) is 0 Å². The van der Waals surface area contributed by atoms with Crippen molar-refractivity contribution in [2.75, 3.05) is 32.8 Å². The van der Waals surface area contributed by atoms with E-state index in [-0.39, 0.29) is 18.1 Å². The number of carbonyl (C=O) groups is 1. The van der Waals surface area contributed by atoms with E-state index in [0.29, 0.717) is 19.2 Å². The molecule has 2 rings (SSSR count). The topological polar surface area (TPSA) is 50.8 Å². The van der Waals surface area contributed by atoms with Gasteiger partial charge in [0, 0.05) is 19.1 Å². The largest absolute Gasteiger partial charge is 0.465 e. The Morgan fingerprint density at radius 3 is 3.22 bits per heavy atom. The highest BCUT2D eigenvalue weighted by molar-refractivity contribution is 5.75. The van der Waals surface area contributed by atoms with Gasteiger partial charge in [0.25, 0.3) is 0 Å². The molecule has 2 aliphatic rings. The summed E-state index contributed by atoms with van der Waals surface area (Å²) in [6, 6.07) is 0.369. The van der Waals surface area contributed by atoms with Crippen LogP contribution in [0.2, 0.25) is 0 Å². The van der Waals surface area contributed by atoms with Crippen molar-refractivity contribution in [2.24, 2.45) is 0 Å². The van der Waals surface area contributed by atoms with Gasteiger partial charge < -0.3 is 14.8 Å². The molecule has 2 aliphatic heterocycles. The lowest BCUT2D eigenvalue weighted by atomic mass is 10.2. The van der Waals surface area contributed by atoms with Crippen LogP contribution in [-0.4, -0.2) is 61.9 Å². The van der Waals surface area contributed by atoms with Crippen molar-refractivity contribution in [1.82, 2.24) is 10.2 Å². The lowest BCUT2D eigenvalue weighted by molar-refractivity contribution is -0.145. The van der Waals surface area contributed by atoms with Crippen LogP contribution in [0.4, 0.5) is 0 Å². The molecule has 18 heavy (non-hydrogen) atoms. The number of nitrogens with zero attached hydrogens (tertiary/aromatic N) is 1. The fourth-order valence-corrected chi connectivity index (χ4v) is 2.67. The van der Waals surface area contributed by atoms with Gasteiger partial charge in [-0.15, -0.1) is 0 Å². The molecule has 3 atom stereocenters. The maximum Gasteiger partial charge on any atom is 0.322 e. The Balaban J connectivity index is 1.69. The molecule has 0 spiro atoms. The zero-order valence-corrected chi connectivity index (χ0v) is 11.4. The summed E-state index contributed by atoms with van der Waals surface area (Å²) in [7, 11) is 0. The average Bonchev–Trinajstić information content (AvgIpc) is 2.83. The quantitative estimate of drug-likeness (QED) is 0.721.